The van der Waals surface area contributed by atoms with Crippen LogP contribution in [0.3, 0.4) is 0 Å². The molecule has 2 aromatic heterocycles. The summed E-state index contributed by atoms with van der Waals surface area (Å²) in [5, 5.41) is 2.70. The van der Waals surface area contributed by atoms with Crippen LogP contribution in [0.4, 0.5) is 5.69 Å². The highest BCUT2D eigenvalue weighted by atomic mass is 16.5. The van der Waals surface area contributed by atoms with E-state index >= 15 is 0 Å². The molecule has 31 heavy (non-hydrogen) atoms. The summed E-state index contributed by atoms with van der Waals surface area (Å²) in [7, 11) is 3.17. The number of anilines is 1. The van der Waals surface area contributed by atoms with Gasteiger partial charge in [-0.05, 0) is 48.9 Å². The van der Waals surface area contributed by atoms with E-state index in [1.54, 1.807) is 31.3 Å². The molecule has 0 unspecified atom stereocenters. The Balaban J connectivity index is 1.50. The lowest BCUT2D eigenvalue weighted by Gasteiger charge is -2.10. The standard InChI is InChI=1S/C22H21N5O4/c1-14-5-4-6-17(11-14)31-16-9-7-15(8-10-16)24-18(28)12-27-21(29)19-20(23-13-25(19)2)26(3)22(27)30/h4-11,13H,12H2,1-3H3,(H,24,28). The number of carbonyl (C=O) groups is 1. The Kier molecular flexibility index (Phi) is 5.16. The Morgan fingerprint density at radius 3 is 2.52 bits per heavy atom. The molecule has 1 amide bonds. The molecule has 2 heterocycles. The minimum absolute atomic E-state index is 0.257. The second-order valence-corrected chi connectivity index (χ2v) is 7.25. The van der Waals surface area contributed by atoms with Crippen LogP contribution in [0.5, 0.6) is 11.5 Å². The fourth-order valence-electron chi connectivity index (χ4n) is 3.30. The molecule has 0 radical (unpaired) electrons. The van der Waals surface area contributed by atoms with Gasteiger partial charge in [-0.15, -0.1) is 0 Å². The lowest BCUT2D eigenvalue weighted by molar-refractivity contribution is -0.116. The number of imidazole rings is 1. The van der Waals surface area contributed by atoms with Crippen molar-refractivity contribution in [3.63, 3.8) is 0 Å². The third-order valence-corrected chi connectivity index (χ3v) is 4.87. The Hall–Kier alpha value is -4.14. The van der Waals surface area contributed by atoms with Crippen molar-refractivity contribution in [2.45, 2.75) is 13.5 Å². The molecule has 9 nitrogen and oxygen atoms in total. The average molecular weight is 419 g/mol. The zero-order valence-electron chi connectivity index (χ0n) is 17.3. The number of fused-ring (bicyclic) bond motifs is 1. The Morgan fingerprint density at radius 1 is 1.06 bits per heavy atom. The van der Waals surface area contributed by atoms with Gasteiger partial charge in [-0.25, -0.2) is 14.3 Å². The summed E-state index contributed by atoms with van der Waals surface area (Å²) in [6.45, 7) is 1.57. The quantitative estimate of drug-likeness (QED) is 0.534. The van der Waals surface area contributed by atoms with Gasteiger partial charge in [0.25, 0.3) is 5.56 Å². The summed E-state index contributed by atoms with van der Waals surface area (Å²) < 4.78 is 9.47. The number of aryl methyl sites for hydroxylation is 3. The maximum atomic E-state index is 12.7. The molecule has 1 N–H and O–H groups in total. The topological polar surface area (TPSA) is 100 Å². The predicted molar refractivity (Wildman–Crippen MR) is 117 cm³/mol. The molecule has 0 fully saturated rings. The fourth-order valence-corrected chi connectivity index (χ4v) is 3.30. The second-order valence-electron chi connectivity index (χ2n) is 7.25. The maximum absolute atomic E-state index is 12.7. The zero-order valence-corrected chi connectivity index (χ0v) is 17.3. The van der Waals surface area contributed by atoms with E-state index in [0.717, 1.165) is 15.9 Å². The molecular formula is C22H21N5O4. The van der Waals surface area contributed by atoms with E-state index in [-0.39, 0.29) is 11.2 Å². The van der Waals surface area contributed by atoms with Crippen molar-refractivity contribution >= 4 is 22.8 Å². The van der Waals surface area contributed by atoms with Gasteiger partial charge in [-0.1, -0.05) is 12.1 Å². The second kappa shape index (κ2) is 7.94. The number of nitrogens with zero attached hydrogens (tertiary/aromatic N) is 4. The van der Waals surface area contributed by atoms with Crippen LogP contribution in [0.25, 0.3) is 11.2 Å². The third-order valence-electron chi connectivity index (χ3n) is 4.87. The van der Waals surface area contributed by atoms with E-state index in [4.69, 9.17) is 4.74 Å². The van der Waals surface area contributed by atoms with Crippen LogP contribution in [0, 0.1) is 6.92 Å². The lowest BCUT2D eigenvalue weighted by atomic mass is 10.2. The number of rotatable bonds is 5. The van der Waals surface area contributed by atoms with Crippen molar-refractivity contribution in [3.05, 3.63) is 81.3 Å². The normalized spacial score (nSPS) is 10.9. The van der Waals surface area contributed by atoms with Crippen LogP contribution < -0.4 is 21.3 Å². The van der Waals surface area contributed by atoms with Crippen molar-refractivity contribution < 1.29 is 9.53 Å². The molecule has 0 bridgehead atoms. The Bertz CT molecular complexity index is 1400. The summed E-state index contributed by atoms with van der Waals surface area (Å²) in [6, 6.07) is 14.5. The van der Waals surface area contributed by atoms with Gasteiger partial charge in [0.2, 0.25) is 5.91 Å². The number of hydrogen-bond acceptors (Lipinski definition) is 5. The Labute approximate surface area is 177 Å². The molecule has 158 valence electrons. The highest BCUT2D eigenvalue weighted by Gasteiger charge is 2.17. The van der Waals surface area contributed by atoms with E-state index in [1.165, 1.54) is 22.5 Å². The molecule has 0 aliphatic rings. The maximum Gasteiger partial charge on any atom is 0.332 e. The first-order valence-electron chi connectivity index (χ1n) is 9.59. The molecule has 0 saturated heterocycles. The van der Waals surface area contributed by atoms with Crippen LogP contribution in [-0.4, -0.2) is 24.6 Å². The molecule has 0 spiro atoms. The van der Waals surface area contributed by atoms with Crippen molar-refractivity contribution in [1.82, 2.24) is 18.7 Å². The van der Waals surface area contributed by atoms with Gasteiger partial charge < -0.3 is 14.6 Å². The van der Waals surface area contributed by atoms with Crippen LogP contribution in [0.1, 0.15) is 5.56 Å². The highest BCUT2D eigenvalue weighted by Crippen LogP contribution is 2.23. The molecule has 0 aliphatic carbocycles. The molecule has 9 heteroatoms. The predicted octanol–water partition coefficient (Wildman–Crippen LogP) is 2.17. The van der Waals surface area contributed by atoms with Crippen molar-refractivity contribution in [3.8, 4) is 11.5 Å². The van der Waals surface area contributed by atoms with Crippen molar-refractivity contribution in [2.24, 2.45) is 14.1 Å². The van der Waals surface area contributed by atoms with Gasteiger partial charge in [-0.2, -0.15) is 0 Å². The van der Waals surface area contributed by atoms with Gasteiger partial charge in [0.15, 0.2) is 11.2 Å². The minimum atomic E-state index is -0.603. The van der Waals surface area contributed by atoms with Gasteiger partial charge in [-0.3, -0.25) is 14.2 Å². The number of amides is 1. The van der Waals surface area contributed by atoms with E-state index < -0.39 is 23.7 Å². The molecule has 0 atom stereocenters. The van der Waals surface area contributed by atoms with Crippen LogP contribution in [-0.2, 0) is 25.4 Å². The average Bonchev–Trinajstić information content (AvgIpc) is 3.13. The van der Waals surface area contributed by atoms with Crippen molar-refractivity contribution in [1.29, 1.82) is 0 Å². The van der Waals surface area contributed by atoms with E-state index in [2.05, 4.69) is 10.3 Å². The first kappa shape index (κ1) is 20.1. The molecule has 0 saturated carbocycles. The van der Waals surface area contributed by atoms with Crippen LogP contribution in [0.2, 0.25) is 0 Å². The van der Waals surface area contributed by atoms with E-state index in [1.807, 2.05) is 31.2 Å². The highest BCUT2D eigenvalue weighted by molar-refractivity contribution is 5.90. The summed E-state index contributed by atoms with van der Waals surface area (Å²) in [6.07, 6.45) is 1.45. The summed E-state index contributed by atoms with van der Waals surface area (Å²) in [4.78, 5) is 41.8. The molecule has 4 rings (SSSR count). The number of aromatic nitrogens is 4. The molecule has 2 aromatic carbocycles. The monoisotopic (exact) mass is 419 g/mol. The van der Waals surface area contributed by atoms with Gasteiger partial charge in [0.05, 0.1) is 6.33 Å². The van der Waals surface area contributed by atoms with Gasteiger partial charge in [0, 0.05) is 19.8 Å². The first-order chi connectivity index (χ1) is 14.8. The smallest absolute Gasteiger partial charge is 0.332 e. The van der Waals surface area contributed by atoms with Gasteiger partial charge >= 0.3 is 5.69 Å². The van der Waals surface area contributed by atoms with Gasteiger partial charge in [0.1, 0.15) is 18.0 Å². The Morgan fingerprint density at radius 2 is 1.81 bits per heavy atom. The van der Waals surface area contributed by atoms with Crippen molar-refractivity contribution in [2.75, 3.05) is 5.32 Å². The number of hydrogen-bond donors (Lipinski definition) is 1. The lowest BCUT2D eigenvalue weighted by Crippen LogP contribution is -2.42. The minimum Gasteiger partial charge on any atom is -0.457 e. The zero-order chi connectivity index (χ0) is 22.1. The summed E-state index contributed by atoms with van der Waals surface area (Å²) in [5.74, 6) is 0.848. The molecule has 4 aromatic rings. The SMILES string of the molecule is Cc1cccc(Oc2ccc(NC(=O)Cn3c(=O)c4c(ncn4C)n(C)c3=O)cc2)c1. The van der Waals surface area contributed by atoms with E-state index in [0.29, 0.717) is 11.4 Å². The summed E-state index contributed by atoms with van der Waals surface area (Å²) in [5.41, 5.74) is 0.981. The number of carbonyl (C=O) groups excluding carboxylic acids is 1. The fraction of sp³-hybridized carbons (Fsp3) is 0.182. The third kappa shape index (κ3) is 3.97. The number of ether oxygens (including phenoxy) is 1. The number of benzene rings is 2. The van der Waals surface area contributed by atoms with Crippen LogP contribution >= 0.6 is 0 Å². The largest absolute Gasteiger partial charge is 0.457 e. The van der Waals surface area contributed by atoms with Crippen LogP contribution in [0.15, 0.2) is 64.4 Å². The summed E-state index contributed by atoms with van der Waals surface area (Å²) >= 11 is 0. The number of nitrogens with one attached hydrogen (secondary N) is 1. The first-order valence-corrected chi connectivity index (χ1v) is 9.59. The molecule has 0 aliphatic heterocycles. The molecular weight excluding hydrogens is 398 g/mol. The van der Waals surface area contributed by atoms with E-state index in [9.17, 15) is 14.4 Å².